The minimum absolute atomic E-state index is 0.296. The van der Waals surface area contributed by atoms with Gasteiger partial charge in [0.05, 0.1) is 12.8 Å². The van der Waals surface area contributed by atoms with Gasteiger partial charge in [0.15, 0.2) is 0 Å². The molecule has 0 aromatic rings. The molecule has 0 bridgehead atoms. The quantitative estimate of drug-likeness (QED) is 0.471. The van der Waals surface area contributed by atoms with E-state index in [1.165, 1.54) is 0 Å². The van der Waals surface area contributed by atoms with Gasteiger partial charge in [0.25, 0.3) is 0 Å². The molecular formula is C8H10O8. The van der Waals surface area contributed by atoms with Crippen molar-refractivity contribution in [3.05, 3.63) is 12.2 Å². The Morgan fingerprint density at radius 1 is 0.688 bits per heavy atom. The van der Waals surface area contributed by atoms with Gasteiger partial charge in [-0.3, -0.25) is 9.59 Å². The summed E-state index contributed by atoms with van der Waals surface area (Å²) in [6, 6.07) is 0. The van der Waals surface area contributed by atoms with Crippen LogP contribution in [0, 0.1) is 0 Å². The average Bonchev–Trinajstić information content (AvgIpc) is 2.12. The molecule has 0 unspecified atom stereocenters. The molecular weight excluding hydrogens is 224 g/mol. The molecule has 0 aliphatic carbocycles. The number of hydrogen-bond donors (Lipinski definition) is 4. The van der Waals surface area contributed by atoms with Crippen molar-refractivity contribution in [2.75, 3.05) is 0 Å². The lowest BCUT2D eigenvalue weighted by molar-refractivity contribution is -0.143. The van der Waals surface area contributed by atoms with Gasteiger partial charge in [-0.25, -0.2) is 9.59 Å². The van der Waals surface area contributed by atoms with Crippen molar-refractivity contribution >= 4 is 23.9 Å². The Morgan fingerprint density at radius 3 is 1.06 bits per heavy atom. The number of rotatable bonds is 5. The summed E-state index contributed by atoms with van der Waals surface area (Å²) in [6.07, 6.45) is 0.523. The van der Waals surface area contributed by atoms with Gasteiger partial charge in [-0.1, -0.05) is 0 Å². The lowest BCUT2D eigenvalue weighted by Crippen LogP contribution is -2.00. The highest BCUT2D eigenvalue weighted by Gasteiger charge is 2.00. The molecule has 0 aliphatic heterocycles. The number of carbonyl (C=O) groups is 4. The van der Waals surface area contributed by atoms with E-state index < -0.39 is 23.9 Å². The van der Waals surface area contributed by atoms with E-state index in [1.54, 1.807) is 0 Å². The number of carboxylic acid groups (broad SMARTS) is 4. The SMILES string of the molecule is O=C(O)/C=C\C(=O)O.O=C(O)CCC(=O)O. The van der Waals surface area contributed by atoms with Crippen LogP contribution >= 0.6 is 0 Å². The van der Waals surface area contributed by atoms with E-state index in [2.05, 4.69) is 0 Å². The Labute approximate surface area is 89.4 Å². The fourth-order valence-corrected chi connectivity index (χ4v) is 0.356. The minimum atomic E-state index is -1.26. The summed E-state index contributed by atoms with van der Waals surface area (Å²) in [5, 5.41) is 31.4. The number of aliphatic carboxylic acids is 4. The van der Waals surface area contributed by atoms with Crippen molar-refractivity contribution < 1.29 is 39.6 Å². The van der Waals surface area contributed by atoms with Gasteiger partial charge in [0, 0.05) is 12.2 Å². The standard InChI is InChI=1S/C4H6O4.C4H4O4/c2*5-3(6)1-2-4(7)8/h1-2H2,(H,5,6)(H,7,8);1-2H,(H,5,6)(H,7,8)/b;2-1-. The van der Waals surface area contributed by atoms with Crippen LogP contribution in [0.2, 0.25) is 0 Å². The van der Waals surface area contributed by atoms with Crippen molar-refractivity contribution in [2.24, 2.45) is 0 Å². The second kappa shape index (κ2) is 9.19. The summed E-state index contributed by atoms with van der Waals surface area (Å²) >= 11 is 0. The van der Waals surface area contributed by atoms with Crippen LogP contribution in [0.15, 0.2) is 12.2 Å². The second-order valence-corrected chi connectivity index (χ2v) is 2.30. The molecule has 0 amide bonds. The molecule has 0 heterocycles. The third-order valence-electron chi connectivity index (χ3n) is 0.921. The lowest BCUT2D eigenvalue weighted by Gasteiger charge is -1.85. The third kappa shape index (κ3) is 22.6. The summed E-state index contributed by atoms with van der Waals surface area (Å²) < 4.78 is 0. The zero-order chi connectivity index (χ0) is 13.1. The molecule has 0 aromatic heterocycles. The smallest absolute Gasteiger partial charge is 0.328 e. The van der Waals surface area contributed by atoms with Crippen LogP contribution in [0.5, 0.6) is 0 Å². The van der Waals surface area contributed by atoms with Gasteiger partial charge in [-0.2, -0.15) is 0 Å². The van der Waals surface area contributed by atoms with E-state index in [0.29, 0.717) is 12.2 Å². The summed E-state index contributed by atoms with van der Waals surface area (Å²) in [5.41, 5.74) is 0. The highest BCUT2D eigenvalue weighted by atomic mass is 16.4. The molecule has 4 N–H and O–H groups in total. The number of hydrogen-bond acceptors (Lipinski definition) is 4. The maximum Gasteiger partial charge on any atom is 0.328 e. The first-order chi connectivity index (χ1) is 7.25. The van der Waals surface area contributed by atoms with Crippen molar-refractivity contribution in [1.29, 1.82) is 0 Å². The molecule has 16 heavy (non-hydrogen) atoms. The van der Waals surface area contributed by atoms with Crippen LogP contribution in [0.25, 0.3) is 0 Å². The fraction of sp³-hybridized carbons (Fsp3) is 0.250. The Bertz CT molecular complexity index is 273. The van der Waals surface area contributed by atoms with Gasteiger partial charge < -0.3 is 20.4 Å². The maximum atomic E-state index is 9.64. The van der Waals surface area contributed by atoms with Gasteiger partial charge in [-0.05, 0) is 0 Å². The van der Waals surface area contributed by atoms with E-state index in [4.69, 9.17) is 20.4 Å². The first-order valence-electron chi connectivity index (χ1n) is 3.83. The predicted molar refractivity (Wildman–Crippen MR) is 48.9 cm³/mol. The Morgan fingerprint density at radius 2 is 0.938 bits per heavy atom. The highest BCUT2D eigenvalue weighted by molar-refractivity contribution is 5.89. The molecule has 0 fully saturated rings. The first-order valence-corrected chi connectivity index (χ1v) is 3.83. The topological polar surface area (TPSA) is 149 Å². The Hall–Kier alpha value is -2.38. The molecule has 0 atom stereocenters. The average molecular weight is 234 g/mol. The zero-order valence-electron chi connectivity index (χ0n) is 7.99. The van der Waals surface area contributed by atoms with E-state index in [-0.39, 0.29) is 12.8 Å². The van der Waals surface area contributed by atoms with Crippen LogP contribution in [0.4, 0.5) is 0 Å². The van der Waals surface area contributed by atoms with Crippen LogP contribution in [-0.2, 0) is 19.2 Å². The van der Waals surface area contributed by atoms with E-state index in [9.17, 15) is 19.2 Å². The van der Waals surface area contributed by atoms with Gasteiger partial charge in [-0.15, -0.1) is 0 Å². The van der Waals surface area contributed by atoms with Crippen molar-refractivity contribution in [3.8, 4) is 0 Å². The molecule has 8 nitrogen and oxygen atoms in total. The molecule has 90 valence electrons. The van der Waals surface area contributed by atoms with Gasteiger partial charge in [0.1, 0.15) is 0 Å². The summed E-state index contributed by atoms with van der Waals surface area (Å²) in [5.74, 6) is -4.67. The Kier molecular flexibility index (Phi) is 9.22. The molecule has 0 rings (SSSR count). The van der Waals surface area contributed by atoms with Crippen molar-refractivity contribution in [3.63, 3.8) is 0 Å². The highest BCUT2D eigenvalue weighted by Crippen LogP contribution is 1.86. The van der Waals surface area contributed by atoms with Crippen LogP contribution in [0.3, 0.4) is 0 Å². The van der Waals surface area contributed by atoms with Crippen LogP contribution in [-0.4, -0.2) is 44.3 Å². The maximum absolute atomic E-state index is 9.64. The lowest BCUT2D eigenvalue weighted by atomic mass is 10.3. The van der Waals surface area contributed by atoms with E-state index >= 15 is 0 Å². The van der Waals surface area contributed by atoms with Crippen LogP contribution < -0.4 is 0 Å². The molecule has 0 saturated carbocycles. The molecule has 8 heteroatoms. The summed E-state index contributed by atoms with van der Waals surface area (Å²) in [6.45, 7) is 0. The van der Waals surface area contributed by atoms with Gasteiger partial charge in [0.2, 0.25) is 0 Å². The summed E-state index contributed by atoms with van der Waals surface area (Å²) in [4.78, 5) is 38.4. The van der Waals surface area contributed by atoms with Crippen LogP contribution in [0.1, 0.15) is 12.8 Å². The van der Waals surface area contributed by atoms with Crippen molar-refractivity contribution in [1.82, 2.24) is 0 Å². The monoisotopic (exact) mass is 234 g/mol. The van der Waals surface area contributed by atoms with Gasteiger partial charge >= 0.3 is 23.9 Å². The molecule has 0 spiro atoms. The largest absolute Gasteiger partial charge is 0.481 e. The molecule has 0 saturated heterocycles. The first kappa shape index (κ1) is 16.1. The van der Waals surface area contributed by atoms with E-state index in [1.807, 2.05) is 0 Å². The number of carboxylic acids is 4. The zero-order valence-corrected chi connectivity index (χ0v) is 7.99. The minimum Gasteiger partial charge on any atom is -0.481 e. The van der Waals surface area contributed by atoms with Crippen molar-refractivity contribution in [2.45, 2.75) is 12.8 Å². The third-order valence-corrected chi connectivity index (χ3v) is 0.921. The normalized spacial score (nSPS) is 9.00. The fourth-order valence-electron chi connectivity index (χ4n) is 0.356. The molecule has 0 aromatic carbocycles. The summed E-state index contributed by atoms with van der Waals surface area (Å²) in [7, 11) is 0. The Balaban J connectivity index is 0. The second-order valence-electron chi connectivity index (χ2n) is 2.30. The predicted octanol–water partition coefficient (Wildman–Crippen LogP) is -0.352. The molecule has 0 radical (unpaired) electrons. The molecule has 0 aliphatic rings. The van der Waals surface area contributed by atoms with E-state index in [0.717, 1.165) is 0 Å².